The molecular formula is C34H36Cl2F6N4O2U. The van der Waals surface area contributed by atoms with Crippen molar-refractivity contribution in [2.24, 2.45) is 5.10 Å². The van der Waals surface area contributed by atoms with Crippen LogP contribution in [0.2, 0.25) is 10.0 Å². The van der Waals surface area contributed by atoms with Gasteiger partial charge >= 0.3 is 43.5 Å². The number of ether oxygens (including phenoxy) is 1. The molecule has 0 amide bonds. The van der Waals surface area contributed by atoms with E-state index in [1.54, 1.807) is 25.2 Å². The summed E-state index contributed by atoms with van der Waals surface area (Å²) in [7, 11) is 1.63. The van der Waals surface area contributed by atoms with Gasteiger partial charge in [-0.05, 0) is 72.8 Å². The summed E-state index contributed by atoms with van der Waals surface area (Å²) in [6.45, 7) is 1.74. The minimum Gasteiger partial charge on any atom is -0.666 e. The van der Waals surface area contributed by atoms with Gasteiger partial charge in [-0.15, -0.1) is 6.54 Å². The van der Waals surface area contributed by atoms with Crippen molar-refractivity contribution in [3.05, 3.63) is 115 Å². The molecule has 264 valence electrons. The summed E-state index contributed by atoms with van der Waals surface area (Å²) < 4.78 is 86.3. The molecule has 0 aromatic heterocycles. The summed E-state index contributed by atoms with van der Waals surface area (Å²) in [5, 5.41) is 20.4. The van der Waals surface area contributed by atoms with Crippen LogP contribution in [0.25, 0.3) is 10.7 Å². The van der Waals surface area contributed by atoms with Gasteiger partial charge in [-0.2, -0.15) is 39.9 Å². The molecule has 1 unspecified atom stereocenters. The maximum absolute atomic E-state index is 13.4. The molecule has 0 spiro atoms. The number of nitrogens with zero attached hydrogens (tertiary/aromatic N) is 4. The van der Waals surface area contributed by atoms with Gasteiger partial charge in [0.15, 0.2) is 0 Å². The summed E-state index contributed by atoms with van der Waals surface area (Å²) in [6, 6.07) is 16.0. The third-order valence-corrected chi connectivity index (χ3v) is 9.00. The first-order chi connectivity index (χ1) is 22.7. The predicted octanol–water partition coefficient (Wildman–Crippen LogP) is 9.44. The van der Waals surface area contributed by atoms with Crippen molar-refractivity contribution in [3.63, 3.8) is 0 Å². The van der Waals surface area contributed by atoms with E-state index in [1.807, 2.05) is 30.3 Å². The molecule has 3 aromatic rings. The molecule has 0 bridgehead atoms. The molecule has 0 aliphatic carbocycles. The van der Waals surface area contributed by atoms with Crippen LogP contribution < -0.4 is 0 Å². The first-order valence-electron chi connectivity index (χ1n) is 15.3. The van der Waals surface area contributed by atoms with Gasteiger partial charge in [-0.25, -0.2) is 0 Å². The number of hydrogen-bond donors (Lipinski definition) is 1. The molecule has 4 rings (SSSR count). The van der Waals surface area contributed by atoms with Crippen LogP contribution in [0.3, 0.4) is 0 Å². The maximum atomic E-state index is 13.4. The summed E-state index contributed by atoms with van der Waals surface area (Å²) in [5.74, 6) is -0.440. The Hall–Kier alpha value is -1.82. The molecular weight excluding hydrogens is 919 g/mol. The topological polar surface area (TPSA) is 73.3 Å². The van der Waals surface area contributed by atoms with Gasteiger partial charge in [-0.1, -0.05) is 59.6 Å². The second-order valence-electron chi connectivity index (χ2n) is 11.7. The SMILES string of the molecule is C[N-]CC[N-]/N=C(\COCc1cc(C(F)(F)F)cc(C(F)(F)F)c1)C(CCN1CCC(O)(c2ccccc2)CC1)c1ccc(Cl)c(Cl)c1.[U+2]. The fourth-order valence-electron chi connectivity index (χ4n) is 5.61. The van der Waals surface area contributed by atoms with Crippen LogP contribution in [0.5, 0.6) is 0 Å². The molecule has 1 fully saturated rings. The molecule has 3 aromatic carbocycles. The number of likely N-dealkylation sites (tertiary alicyclic amines) is 1. The van der Waals surface area contributed by atoms with E-state index in [0.29, 0.717) is 73.3 Å². The number of halogens is 8. The number of hydrogen-bond acceptors (Lipinski definition) is 4. The number of alkyl halides is 6. The van der Waals surface area contributed by atoms with Crippen molar-refractivity contribution in [3.8, 4) is 0 Å². The molecule has 1 aliphatic rings. The van der Waals surface area contributed by atoms with Crippen molar-refractivity contribution in [1.82, 2.24) is 4.90 Å². The molecule has 1 saturated heterocycles. The third kappa shape index (κ3) is 12.1. The second kappa shape index (κ2) is 18.6. The molecule has 1 atom stereocenters. The Morgan fingerprint density at radius 2 is 1.55 bits per heavy atom. The average molecular weight is 956 g/mol. The summed E-state index contributed by atoms with van der Waals surface area (Å²) in [5.41, 5.74) is 2.18. The van der Waals surface area contributed by atoms with Crippen LogP contribution in [0, 0.1) is 31.1 Å². The predicted molar refractivity (Wildman–Crippen MR) is 176 cm³/mol. The Balaban J connectivity index is 0.00000650. The monoisotopic (exact) mass is 954 g/mol. The van der Waals surface area contributed by atoms with Crippen molar-refractivity contribution in [2.45, 2.75) is 49.7 Å². The van der Waals surface area contributed by atoms with Crippen molar-refractivity contribution in [1.29, 1.82) is 0 Å². The van der Waals surface area contributed by atoms with Crippen LogP contribution in [0.15, 0.2) is 71.8 Å². The molecule has 49 heavy (non-hydrogen) atoms. The number of piperidine rings is 1. The van der Waals surface area contributed by atoms with E-state index < -0.39 is 41.6 Å². The van der Waals surface area contributed by atoms with Gasteiger partial charge < -0.3 is 30.6 Å². The van der Waals surface area contributed by atoms with Gasteiger partial charge in [0.2, 0.25) is 0 Å². The van der Waals surface area contributed by atoms with Gasteiger partial charge in [0.05, 0.1) is 40.0 Å². The molecule has 0 saturated carbocycles. The van der Waals surface area contributed by atoms with E-state index >= 15 is 0 Å². The van der Waals surface area contributed by atoms with Crippen LogP contribution in [-0.2, 0) is 29.3 Å². The zero-order valence-electron chi connectivity index (χ0n) is 26.7. The Labute approximate surface area is 315 Å². The Morgan fingerprint density at radius 3 is 2.12 bits per heavy atom. The van der Waals surface area contributed by atoms with E-state index in [-0.39, 0.29) is 55.9 Å². The standard InChI is InChI=1S/C34H36Cl2F6N4O2.U/c1-43-12-13-44-45-31(22-48-21-23-17-26(33(37,38)39)20-27(18-23)34(40,41)42)28(24-7-8-29(35)30(36)19-24)9-14-46-15-10-32(47,11-16-46)25-5-3-2-4-6-25;/h2-8,17-20,28,47H,9-16,21-22H2,1H3;/q-2;+2/b45-31+;. The molecule has 6 nitrogen and oxygen atoms in total. The van der Waals surface area contributed by atoms with E-state index in [2.05, 4.69) is 20.7 Å². The van der Waals surface area contributed by atoms with Gasteiger partial charge in [-0.3, -0.25) is 0 Å². The minimum absolute atomic E-state index is 0. The summed E-state index contributed by atoms with van der Waals surface area (Å²) in [4.78, 5) is 2.22. The summed E-state index contributed by atoms with van der Waals surface area (Å²) in [6.07, 6.45) is -8.39. The van der Waals surface area contributed by atoms with Crippen LogP contribution >= 0.6 is 23.2 Å². The molecule has 0 radical (unpaired) electrons. The molecule has 1 aliphatic heterocycles. The van der Waals surface area contributed by atoms with Crippen molar-refractivity contribution < 1.29 is 67.3 Å². The number of benzene rings is 3. The van der Waals surface area contributed by atoms with Gasteiger partial charge in [0.25, 0.3) is 0 Å². The fraction of sp³-hybridized carbons (Fsp3) is 0.441. The van der Waals surface area contributed by atoms with Gasteiger partial charge in [0, 0.05) is 24.7 Å². The normalized spacial score (nSPS) is 16.2. The van der Waals surface area contributed by atoms with Gasteiger partial charge in [0.1, 0.15) is 0 Å². The first-order valence-corrected chi connectivity index (χ1v) is 16.1. The Morgan fingerprint density at radius 1 is 0.918 bits per heavy atom. The largest absolute Gasteiger partial charge is 2.00 e. The van der Waals surface area contributed by atoms with E-state index in [1.165, 1.54) is 0 Å². The number of aliphatic hydroxyl groups is 1. The molecule has 1 heterocycles. The molecule has 15 heteroatoms. The van der Waals surface area contributed by atoms with Crippen LogP contribution in [0.1, 0.15) is 53.0 Å². The molecule has 1 N–H and O–H groups in total. The number of rotatable bonds is 14. The maximum Gasteiger partial charge on any atom is 2.00 e. The van der Waals surface area contributed by atoms with E-state index in [0.717, 1.165) is 11.1 Å². The minimum atomic E-state index is -4.98. The smallest absolute Gasteiger partial charge is 0.666 e. The van der Waals surface area contributed by atoms with Crippen LogP contribution in [-0.4, -0.2) is 62.1 Å². The van der Waals surface area contributed by atoms with E-state index in [9.17, 15) is 31.4 Å². The third-order valence-electron chi connectivity index (χ3n) is 8.27. The quantitative estimate of drug-likeness (QED) is 0.0758. The average Bonchev–Trinajstić information content (AvgIpc) is 3.04. The Kier molecular flexibility index (Phi) is 15.8. The Bertz CT molecular complexity index is 1490. The first kappa shape index (κ1) is 41.6. The van der Waals surface area contributed by atoms with E-state index in [4.69, 9.17) is 27.9 Å². The zero-order chi connectivity index (χ0) is 35.0. The fourth-order valence-corrected chi connectivity index (χ4v) is 5.92. The summed E-state index contributed by atoms with van der Waals surface area (Å²) >= 11 is 12.6. The zero-order valence-corrected chi connectivity index (χ0v) is 32.3. The van der Waals surface area contributed by atoms with Crippen molar-refractivity contribution in [2.75, 3.05) is 46.4 Å². The van der Waals surface area contributed by atoms with Crippen LogP contribution in [0.4, 0.5) is 26.3 Å². The van der Waals surface area contributed by atoms with Crippen molar-refractivity contribution >= 4 is 28.9 Å². The second-order valence-corrected chi connectivity index (χ2v) is 12.5. The number of likely N-dealkylation sites (N-methyl/N-ethyl adjacent to an activating group) is 1.